The van der Waals surface area contributed by atoms with E-state index in [0.29, 0.717) is 22.6 Å². The molecule has 3 aromatic rings. The van der Waals surface area contributed by atoms with Gasteiger partial charge in [-0.15, -0.1) is 0 Å². The second-order valence-corrected chi connectivity index (χ2v) is 9.41. The lowest BCUT2D eigenvalue weighted by atomic mass is 9.88. The Morgan fingerprint density at radius 2 is 1.71 bits per heavy atom. The molecule has 1 amide bonds. The summed E-state index contributed by atoms with van der Waals surface area (Å²) in [5.41, 5.74) is 4.06. The Bertz CT molecular complexity index is 1460. The maximum absolute atomic E-state index is 13.5. The van der Waals surface area contributed by atoms with Crippen molar-refractivity contribution in [3.8, 4) is 5.75 Å². The molecule has 0 aromatic heterocycles. The number of benzene rings is 3. The summed E-state index contributed by atoms with van der Waals surface area (Å²) in [4.78, 5) is 40.8. The zero-order chi connectivity index (χ0) is 26.8. The fourth-order valence-electron chi connectivity index (χ4n) is 5.26. The van der Waals surface area contributed by atoms with Crippen molar-refractivity contribution in [3.63, 3.8) is 0 Å². The maximum Gasteiger partial charge on any atom is 0.338 e. The number of ether oxygens (including phenoxy) is 2. The molecule has 3 aromatic carbocycles. The first kappa shape index (κ1) is 25.3. The molecule has 1 saturated heterocycles. The predicted molar refractivity (Wildman–Crippen MR) is 143 cm³/mol. The van der Waals surface area contributed by atoms with E-state index in [4.69, 9.17) is 9.47 Å². The molecule has 2 aliphatic rings. The molecule has 0 bridgehead atoms. The normalized spacial score (nSPS) is 18.3. The number of ketones is 1. The number of anilines is 1. The van der Waals surface area contributed by atoms with E-state index in [-0.39, 0.29) is 23.5 Å². The first-order chi connectivity index (χ1) is 18.4. The summed E-state index contributed by atoms with van der Waals surface area (Å²) in [5, 5.41) is 11.5. The Hall–Kier alpha value is -4.39. The van der Waals surface area contributed by atoms with E-state index in [0.717, 1.165) is 31.2 Å². The average molecular weight is 512 g/mol. The van der Waals surface area contributed by atoms with Crippen LogP contribution < -0.4 is 9.64 Å². The SMILES string of the molecule is CCOC(=O)c1cccc(N2C(=O)C(=O)/C(=C(\O)c3ccc4c(c3)CCCC4)C2c2cccc(OC)c2)c1. The minimum Gasteiger partial charge on any atom is -0.507 e. The van der Waals surface area contributed by atoms with Crippen LogP contribution in [0.15, 0.2) is 72.3 Å². The summed E-state index contributed by atoms with van der Waals surface area (Å²) in [5.74, 6) is -1.80. The molecule has 7 nitrogen and oxygen atoms in total. The van der Waals surface area contributed by atoms with E-state index in [1.165, 1.54) is 23.6 Å². The number of carbonyl (C=O) groups excluding carboxylic acids is 3. The highest BCUT2D eigenvalue weighted by Gasteiger charge is 2.47. The Morgan fingerprint density at radius 1 is 0.947 bits per heavy atom. The largest absolute Gasteiger partial charge is 0.507 e. The van der Waals surface area contributed by atoms with Crippen molar-refractivity contribution in [2.75, 3.05) is 18.6 Å². The first-order valence-corrected chi connectivity index (χ1v) is 12.8. The number of nitrogens with zero attached hydrogens (tertiary/aromatic N) is 1. The highest BCUT2D eigenvalue weighted by molar-refractivity contribution is 6.51. The van der Waals surface area contributed by atoms with Gasteiger partial charge in [0.15, 0.2) is 0 Å². The molecule has 1 aliphatic heterocycles. The van der Waals surface area contributed by atoms with Crippen LogP contribution in [0.4, 0.5) is 5.69 Å². The van der Waals surface area contributed by atoms with E-state index in [1.54, 1.807) is 55.5 Å². The smallest absolute Gasteiger partial charge is 0.338 e. The van der Waals surface area contributed by atoms with Crippen LogP contribution in [0.3, 0.4) is 0 Å². The summed E-state index contributed by atoms with van der Waals surface area (Å²) in [6.07, 6.45) is 4.10. The minimum absolute atomic E-state index is 0.0134. The zero-order valence-electron chi connectivity index (χ0n) is 21.4. The number of amides is 1. The van der Waals surface area contributed by atoms with Crippen molar-refractivity contribution in [1.29, 1.82) is 0 Å². The first-order valence-electron chi connectivity index (χ1n) is 12.8. The van der Waals surface area contributed by atoms with E-state index in [1.807, 2.05) is 12.1 Å². The van der Waals surface area contributed by atoms with Crippen LogP contribution in [-0.2, 0) is 27.2 Å². The molecule has 1 unspecified atom stereocenters. The summed E-state index contributed by atoms with van der Waals surface area (Å²) < 4.78 is 10.5. The zero-order valence-corrected chi connectivity index (χ0v) is 21.4. The molecular weight excluding hydrogens is 482 g/mol. The summed E-state index contributed by atoms with van der Waals surface area (Å²) in [6, 6.07) is 18.2. The summed E-state index contributed by atoms with van der Waals surface area (Å²) in [7, 11) is 1.53. The lowest BCUT2D eigenvalue weighted by molar-refractivity contribution is -0.132. The van der Waals surface area contributed by atoms with Crippen LogP contribution in [0, 0.1) is 0 Å². The number of Topliss-reactive ketones (excluding diaryl/α,β-unsaturated/α-hetero) is 1. The van der Waals surface area contributed by atoms with Gasteiger partial charge < -0.3 is 14.6 Å². The number of aliphatic hydroxyl groups excluding tert-OH is 1. The third-order valence-electron chi connectivity index (χ3n) is 7.11. The van der Waals surface area contributed by atoms with Crippen molar-refractivity contribution in [3.05, 3.63) is 100 Å². The maximum atomic E-state index is 13.5. The second-order valence-electron chi connectivity index (χ2n) is 9.41. The molecule has 1 aliphatic carbocycles. The van der Waals surface area contributed by atoms with E-state index < -0.39 is 23.7 Å². The van der Waals surface area contributed by atoms with Crippen molar-refractivity contribution in [2.24, 2.45) is 0 Å². The van der Waals surface area contributed by atoms with Gasteiger partial charge in [-0.05, 0) is 85.7 Å². The molecule has 7 heteroatoms. The van der Waals surface area contributed by atoms with Crippen molar-refractivity contribution in [1.82, 2.24) is 0 Å². The third-order valence-corrected chi connectivity index (χ3v) is 7.11. The number of aryl methyl sites for hydroxylation is 2. The van der Waals surface area contributed by atoms with Crippen LogP contribution in [0.1, 0.15) is 58.4 Å². The number of esters is 1. The number of hydrogen-bond donors (Lipinski definition) is 1. The Balaban J connectivity index is 1.68. The number of rotatable bonds is 6. The van der Waals surface area contributed by atoms with Crippen molar-refractivity contribution in [2.45, 2.75) is 38.6 Å². The minimum atomic E-state index is -0.932. The predicted octanol–water partition coefficient (Wildman–Crippen LogP) is 5.38. The van der Waals surface area contributed by atoms with Gasteiger partial charge in [-0.3, -0.25) is 14.5 Å². The van der Waals surface area contributed by atoms with Gasteiger partial charge in [0.1, 0.15) is 11.5 Å². The van der Waals surface area contributed by atoms with Crippen LogP contribution in [0.5, 0.6) is 5.75 Å². The lowest BCUT2D eigenvalue weighted by Crippen LogP contribution is -2.29. The molecule has 0 radical (unpaired) electrons. The van der Waals surface area contributed by atoms with E-state index in [2.05, 4.69) is 0 Å². The molecular formula is C31H29NO6. The van der Waals surface area contributed by atoms with E-state index >= 15 is 0 Å². The Labute approximate surface area is 221 Å². The van der Waals surface area contributed by atoms with Gasteiger partial charge in [0.05, 0.1) is 30.9 Å². The van der Waals surface area contributed by atoms with Gasteiger partial charge in [-0.25, -0.2) is 4.79 Å². The van der Waals surface area contributed by atoms with Crippen LogP contribution >= 0.6 is 0 Å². The van der Waals surface area contributed by atoms with Gasteiger partial charge in [0.2, 0.25) is 0 Å². The molecule has 194 valence electrons. The number of fused-ring (bicyclic) bond motifs is 1. The molecule has 0 saturated carbocycles. The Kier molecular flexibility index (Phi) is 7.01. The van der Waals surface area contributed by atoms with E-state index in [9.17, 15) is 19.5 Å². The van der Waals surface area contributed by atoms with Gasteiger partial charge in [0.25, 0.3) is 11.7 Å². The third kappa shape index (κ3) is 4.56. The monoisotopic (exact) mass is 511 g/mol. The Morgan fingerprint density at radius 3 is 2.47 bits per heavy atom. The number of carbonyl (C=O) groups is 3. The second kappa shape index (κ2) is 10.5. The summed E-state index contributed by atoms with van der Waals surface area (Å²) in [6.45, 7) is 1.92. The topological polar surface area (TPSA) is 93.1 Å². The highest BCUT2D eigenvalue weighted by Crippen LogP contribution is 2.43. The van der Waals surface area contributed by atoms with Crippen molar-refractivity contribution < 1.29 is 29.0 Å². The van der Waals surface area contributed by atoms with Gasteiger partial charge >= 0.3 is 5.97 Å². The molecule has 1 N–H and O–H groups in total. The van der Waals surface area contributed by atoms with Gasteiger partial charge in [-0.2, -0.15) is 0 Å². The van der Waals surface area contributed by atoms with Crippen LogP contribution in [0.25, 0.3) is 5.76 Å². The standard InChI is InChI=1S/C31H29NO6/c1-3-38-31(36)23-11-6-12-24(17-23)32-27(21-10-7-13-25(18-21)37-2)26(29(34)30(32)35)28(33)22-15-14-19-8-4-5-9-20(19)16-22/h6-7,10-18,27,33H,3-5,8-9H2,1-2H3/b28-26-. The van der Waals surface area contributed by atoms with Gasteiger partial charge in [0, 0.05) is 11.3 Å². The molecule has 38 heavy (non-hydrogen) atoms. The highest BCUT2D eigenvalue weighted by atomic mass is 16.5. The molecule has 0 spiro atoms. The molecule has 1 heterocycles. The molecule has 1 fully saturated rings. The molecule has 1 atom stereocenters. The fraction of sp³-hybridized carbons (Fsp3) is 0.258. The lowest BCUT2D eigenvalue weighted by Gasteiger charge is -2.26. The number of aliphatic hydroxyl groups is 1. The van der Waals surface area contributed by atoms with Crippen LogP contribution in [-0.4, -0.2) is 36.5 Å². The number of hydrogen-bond acceptors (Lipinski definition) is 6. The number of methoxy groups -OCH3 is 1. The van der Waals surface area contributed by atoms with Gasteiger partial charge in [-0.1, -0.05) is 30.3 Å². The van der Waals surface area contributed by atoms with Crippen LogP contribution in [0.2, 0.25) is 0 Å². The fourth-order valence-corrected chi connectivity index (χ4v) is 5.26. The average Bonchev–Trinajstić information content (AvgIpc) is 3.22. The van der Waals surface area contributed by atoms with Crippen molar-refractivity contribution >= 4 is 29.1 Å². The molecule has 5 rings (SSSR count). The quantitative estimate of drug-likeness (QED) is 0.207. The summed E-state index contributed by atoms with van der Waals surface area (Å²) >= 11 is 0.